The van der Waals surface area contributed by atoms with Gasteiger partial charge in [-0.05, 0) is 38.0 Å². The van der Waals surface area contributed by atoms with Gasteiger partial charge in [-0.25, -0.2) is 0 Å². The number of benzene rings is 1. The van der Waals surface area contributed by atoms with Gasteiger partial charge >= 0.3 is 0 Å². The zero-order valence-corrected chi connectivity index (χ0v) is 9.63. The minimum absolute atomic E-state index is 0.357. The number of halogens is 1. The van der Waals surface area contributed by atoms with E-state index in [1.54, 1.807) is 0 Å². The van der Waals surface area contributed by atoms with Crippen molar-refractivity contribution in [3.63, 3.8) is 0 Å². The minimum atomic E-state index is 0.357. The highest BCUT2D eigenvalue weighted by Gasteiger charge is 2.18. The second-order valence-electron chi connectivity index (χ2n) is 4.06. The Labute approximate surface area is 95.6 Å². The van der Waals surface area contributed by atoms with Gasteiger partial charge in [0.15, 0.2) is 0 Å². The first-order valence-electron chi connectivity index (χ1n) is 5.38. The van der Waals surface area contributed by atoms with Crippen molar-refractivity contribution >= 4 is 17.3 Å². The molecule has 2 atom stereocenters. The molecule has 1 aromatic carbocycles. The Morgan fingerprint density at radius 2 is 2.33 bits per heavy atom. The summed E-state index contributed by atoms with van der Waals surface area (Å²) < 4.78 is 5.50. The van der Waals surface area contributed by atoms with Gasteiger partial charge in [0.25, 0.3) is 0 Å². The second-order valence-corrected chi connectivity index (χ2v) is 4.49. The number of hydrogen-bond donors (Lipinski definition) is 1. The number of anilines is 1. The van der Waals surface area contributed by atoms with E-state index in [0.717, 1.165) is 30.2 Å². The molecule has 2 unspecified atom stereocenters. The monoisotopic (exact) mass is 225 g/mol. The topological polar surface area (TPSA) is 21.3 Å². The quantitative estimate of drug-likeness (QED) is 0.834. The Hall–Kier alpha value is -0.730. The van der Waals surface area contributed by atoms with E-state index in [4.69, 9.17) is 16.3 Å². The number of rotatable bonds is 2. The van der Waals surface area contributed by atoms with E-state index in [-0.39, 0.29) is 0 Å². The van der Waals surface area contributed by atoms with Gasteiger partial charge in [-0.3, -0.25) is 0 Å². The summed E-state index contributed by atoms with van der Waals surface area (Å²) in [6.45, 7) is 2.96. The Balaban J connectivity index is 1.96. The Kier molecular flexibility index (Phi) is 3.49. The van der Waals surface area contributed by atoms with Crippen molar-refractivity contribution in [3.8, 4) is 0 Å². The van der Waals surface area contributed by atoms with E-state index in [0.29, 0.717) is 12.1 Å². The van der Waals surface area contributed by atoms with E-state index in [1.807, 2.05) is 24.3 Å². The third kappa shape index (κ3) is 3.11. The first-order valence-corrected chi connectivity index (χ1v) is 5.75. The highest BCUT2D eigenvalue weighted by molar-refractivity contribution is 6.30. The lowest BCUT2D eigenvalue weighted by atomic mass is 10.0. The zero-order valence-electron chi connectivity index (χ0n) is 8.87. The van der Waals surface area contributed by atoms with Gasteiger partial charge in [-0.1, -0.05) is 17.7 Å². The molecule has 15 heavy (non-hydrogen) atoms. The molecule has 0 saturated carbocycles. The van der Waals surface area contributed by atoms with Crippen LogP contribution in [0.2, 0.25) is 5.02 Å². The molecule has 0 aliphatic carbocycles. The molecule has 1 heterocycles. The van der Waals surface area contributed by atoms with E-state index < -0.39 is 0 Å². The van der Waals surface area contributed by atoms with Crippen LogP contribution in [0.25, 0.3) is 0 Å². The SMILES string of the molecule is CC1CC(Nc2cccc(Cl)c2)CCO1. The van der Waals surface area contributed by atoms with Crippen LogP contribution < -0.4 is 5.32 Å². The van der Waals surface area contributed by atoms with Crippen molar-refractivity contribution in [2.75, 3.05) is 11.9 Å². The lowest BCUT2D eigenvalue weighted by molar-refractivity contribution is 0.0232. The lowest BCUT2D eigenvalue weighted by Crippen LogP contribution is -2.32. The van der Waals surface area contributed by atoms with Crippen molar-refractivity contribution in [2.24, 2.45) is 0 Å². The summed E-state index contributed by atoms with van der Waals surface area (Å²) in [5.41, 5.74) is 1.10. The van der Waals surface area contributed by atoms with Crippen LogP contribution in [0.15, 0.2) is 24.3 Å². The van der Waals surface area contributed by atoms with Crippen LogP contribution in [0, 0.1) is 0 Å². The van der Waals surface area contributed by atoms with Gasteiger partial charge in [-0.2, -0.15) is 0 Å². The first kappa shape index (κ1) is 10.8. The van der Waals surface area contributed by atoms with Gasteiger partial charge in [0.05, 0.1) is 6.10 Å². The number of hydrogen-bond acceptors (Lipinski definition) is 2. The lowest BCUT2D eigenvalue weighted by Gasteiger charge is -2.28. The van der Waals surface area contributed by atoms with Gasteiger partial charge in [0, 0.05) is 23.4 Å². The molecule has 3 heteroatoms. The van der Waals surface area contributed by atoms with Crippen LogP contribution in [-0.2, 0) is 4.74 Å². The standard InChI is InChI=1S/C12H16ClNO/c1-9-7-12(5-6-15-9)14-11-4-2-3-10(13)8-11/h2-4,8-9,12,14H,5-7H2,1H3. The van der Waals surface area contributed by atoms with Gasteiger partial charge < -0.3 is 10.1 Å². The third-order valence-electron chi connectivity index (χ3n) is 2.68. The van der Waals surface area contributed by atoms with E-state index in [9.17, 15) is 0 Å². The molecular formula is C12H16ClNO. The maximum absolute atomic E-state index is 5.93. The zero-order chi connectivity index (χ0) is 10.7. The molecule has 1 aliphatic heterocycles. The fourth-order valence-electron chi connectivity index (χ4n) is 1.94. The highest BCUT2D eigenvalue weighted by Crippen LogP contribution is 2.20. The molecule has 1 saturated heterocycles. The van der Waals surface area contributed by atoms with E-state index in [1.165, 1.54) is 0 Å². The summed E-state index contributed by atoms with van der Waals surface area (Å²) in [6.07, 6.45) is 2.49. The average molecular weight is 226 g/mol. The molecule has 1 aromatic rings. The van der Waals surface area contributed by atoms with Crippen LogP contribution in [0.3, 0.4) is 0 Å². The molecule has 2 nitrogen and oxygen atoms in total. The molecule has 0 amide bonds. The predicted molar refractivity (Wildman–Crippen MR) is 63.5 cm³/mol. The molecule has 2 rings (SSSR count). The molecule has 0 bridgehead atoms. The number of ether oxygens (including phenoxy) is 1. The van der Waals surface area contributed by atoms with Crippen molar-refractivity contribution < 1.29 is 4.74 Å². The van der Waals surface area contributed by atoms with E-state index in [2.05, 4.69) is 12.2 Å². The van der Waals surface area contributed by atoms with Gasteiger partial charge in [0.2, 0.25) is 0 Å². The molecule has 0 aromatic heterocycles. The van der Waals surface area contributed by atoms with Crippen molar-refractivity contribution in [3.05, 3.63) is 29.3 Å². The smallest absolute Gasteiger partial charge is 0.0566 e. The van der Waals surface area contributed by atoms with Crippen LogP contribution >= 0.6 is 11.6 Å². The second kappa shape index (κ2) is 4.86. The maximum atomic E-state index is 5.93. The van der Waals surface area contributed by atoms with Gasteiger partial charge in [0.1, 0.15) is 0 Å². The molecule has 1 aliphatic rings. The highest BCUT2D eigenvalue weighted by atomic mass is 35.5. The fourth-order valence-corrected chi connectivity index (χ4v) is 2.13. The summed E-state index contributed by atoms with van der Waals surface area (Å²) in [5.74, 6) is 0. The predicted octanol–water partition coefficient (Wildman–Crippen LogP) is 3.32. The third-order valence-corrected chi connectivity index (χ3v) is 2.92. The van der Waals surface area contributed by atoms with Crippen LogP contribution in [0.5, 0.6) is 0 Å². The van der Waals surface area contributed by atoms with Gasteiger partial charge in [-0.15, -0.1) is 0 Å². The van der Waals surface area contributed by atoms with Crippen LogP contribution in [-0.4, -0.2) is 18.8 Å². The molecular weight excluding hydrogens is 210 g/mol. The average Bonchev–Trinajstić information content (AvgIpc) is 2.17. The summed E-state index contributed by atoms with van der Waals surface area (Å²) in [6, 6.07) is 8.37. The largest absolute Gasteiger partial charge is 0.382 e. The first-order chi connectivity index (χ1) is 7.24. The normalized spacial score (nSPS) is 26.3. The van der Waals surface area contributed by atoms with Crippen molar-refractivity contribution in [2.45, 2.75) is 31.9 Å². The van der Waals surface area contributed by atoms with E-state index >= 15 is 0 Å². The summed E-state index contributed by atoms with van der Waals surface area (Å²) in [5, 5.41) is 4.27. The molecule has 0 radical (unpaired) electrons. The van der Waals surface area contributed by atoms with Crippen molar-refractivity contribution in [1.82, 2.24) is 0 Å². The summed E-state index contributed by atoms with van der Waals surface area (Å²) in [4.78, 5) is 0. The van der Waals surface area contributed by atoms with Crippen LogP contribution in [0.1, 0.15) is 19.8 Å². The maximum Gasteiger partial charge on any atom is 0.0566 e. The molecule has 1 N–H and O–H groups in total. The molecule has 0 spiro atoms. The van der Waals surface area contributed by atoms with Crippen LogP contribution in [0.4, 0.5) is 5.69 Å². The molecule has 1 fully saturated rings. The molecule has 82 valence electrons. The Morgan fingerprint density at radius 1 is 1.47 bits per heavy atom. The summed E-state index contributed by atoms with van der Waals surface area (Å²) >= 11 is 5.93. The minimum Gasteiger partial charge on any atom is -0.382 e. The Morgan fingerprint density at radius 3 is 3.07 bits per heavy atom. The number of nitrogens with one attached hydrogen (secondary N) is 1. The summed E-state index contributed by atoms with van der Waals surface area (Å²) in [7, 11) is 0. The van der Waals surface area contributed by atoms with Crippen molar-refractivity contribution in [1.29, 1.82) is 0 Å². The fraction of sp³-hybridized carbons (Fsp3) is 0.500. The Bertz CT molecular complexity index is 329.